The summed E-state index contributed by atoms with van der Waals surface area (Å²) in [4.78, 5) is 22.1. The van der Waals surface area contributed by atoms with E-state index in [2.05, 4.69) is 10.0 Å². The van der Waals surface area contributed by atoms with Crippen molar-refractivity contribution >= 4 is 38.9 Å². The molecule has 148 valence electrons. The minimum absolute atomic E-state index is 0.0778. The van der Waals surface area contributed by atoms with Gasteiger partial charge in [0.1, 0.15) is 16.6 Å². The maximum Gasteiger partial charge on any atom is 0.265 e. The molecule has 11 heteroatoms. The van der Waals surface area contributed by atoms with Crippen LogP contribution in [0, 0.1) is 16.0 Å². The molecule has 9 nitrogen and oxygen atoms in total. The maximum absolute atomic E-state index is 12.8. The fraction of sp³-hybridized carbons (Fsp3) is 0.235. The average Bonchev–Trinajstić information content (AvgIpc) is 3.45. The second-order valence-corrected chi connectivity index (χ2v) is 8.25. The van der Waals surface area contributed by atoms with Gasteiger partial charge in [0.25, 0.3) is 10.0 Å². The molecule has 0 spiro atoms. The number of benzene rings is 2. The molecule has 2 aromatic carbocycles. The lowest BCUT2D eigenvalue weighted by Gasteiger charge is -2.13. The zero-order valence-electron chi connectivity index (χ0n) is 14.6. The number of methoxy groups -OCH3 is 1. The monoisotopic (exact) mass is 425 g/mol. The van der Waals surface area contributed by atoms with E-state index in [1.165, 1.54) is 49.6 Å². The van der Waals surface area contributed by atoms with Gasteiger partial charge < -0.3 is 10.1 Å². The Hall–Kier alpha value is -2.85. The predicted molar refractivity (Wildman–Crippen MR) is 103 cm³/mol. The van der Waals surface area contributed by atoms with Crippen molar-refractivity contribution in [1.29, 1.82) is 0 Å². The third-order valence-corrected chi connectivity index (χ3v) is 5.84. The first-order valence-corrected chi connectivity index (χ1v) is 9.98. The first kappa shape index (κ1) is 19.9. The van der Waals surface area contributed by atoms with Gasteiger partial charge in [-0.3, -0.25) is 19.6 Å². The molecular formula is C17H16ClN3O6S. The van der Waals surface area contributed by atoms with E-state index in [4.69, 9.17) is 16.3 Å². The van der Waals surface area contributed by atoms with Gasteiger partial charge >= 0.3 is 0 Å². The summed E-state index contributed by atoms with van der Waals surface area (Å²) in [5.74, 6) is -1.17. The summed E-state index contributed by atoms with van der Waals surface area (Å²) < 4.78 is 33.1. The van der Waals surface area contributed by atoms with Gasteiger partial charge in [0.15, 0.2) is 0 Å². The normalized spacial score (nSPS) is 18.2. The molecule has 1 aliphatic rings. The molecular weight excluding hydrogens is 410 g/mol. The minimum atomic E-state index is -4.03. The van der Waals surface area contributed by atoms with Crippen LogP contribution in [0.25, 0.3) is 0 Å². The van der Waals surface area contributed by atoms with Gasteiger partial charge in [-0.1, -0.05) is 11.6 Å². The summed E-state index contributed by atoms with van der Waals surface area (Å²) in [6.07, 6.45) is 0.165. The fourth-order valence-electron chi connectivity index (χ4n) is 2.62. The van der Waals surface area contributed by atoms with Gasteiger partial charge in [0, 0.05) is 27.7 Å². The van der Waals surface area contributed by atoms with Crippen LogP contribution in [0.1, 0.15) is 6.42 Å². The van der Waals surface area contributed by atoms with Gasteiger partial charge in [0.2, 0.25) is 11.9 Å². The molecule has 1 amide bonds. The third-order valence-electron chi connectivity index (χ3n) is 4.18. The number of anilines is 2. The van der Waals surface area contributed by atoms with Gasteiger partial charge in [-0.15, -0.1) is 0 Å². The molecule has 2 atom stereocenters. The van der Waals surface area contributed by atoms with Crippen molar-refractivity contribution in [3.63, 3.8) is 0 Å². The number of carbonyl (C=O) groups excluding carboxylic acids is 1. The lowest BCUT2D eigenvalue weighted by molar-refractivity contribution is -0.497. The van der Waals surface area contributed by atoms with Crippen molar-refractivity contribution in [3.8, 4) is 5.75 Å². The Labute approximate surface area is 165 Å². The van der Waals surface area contributed by atoms with E-state index in [1.54, 1.807) is 0 Å². The fourth-order valence-corrected chi connectivity index (χ4v) is 4.00. The standard InChI is InChI=1S/C17H16ClN3O6S/c1-27-15-7-6-12(19-17(22)13-9-14(13)21(23)24)8-16(15)28(25,26)20-11-4-2-10(18)3-5-11/h2-8,13-14,20H,9H2,1H3,(H,19,22)/t13-,14+/m0/s1. The van der Waals surface area contributed by atoms with E-state index in [0.29, 0.717) is 10.7 Å². The molecule has 1 aliphatic carbocycles. The Morgan fingerprint density at radius 2 is 1.86 bits per heavy atom. The van der Waals surface area contributed by atoms with Crippen LogP contribution in [0.5, 0.6) is 5.75 Å². The number of nitro groups is 1. The van der Waals surface area contributed by atoms with Crippen molar-refractivity contribution in [2.45, 2.75) is 17.4 Å². The van der Waals surface area contributed by atoms with E-state index in [9.17, 15) is 23.3 Å². The second kappa shape index (κ2) is 7.64. The molecule has 0 radical (unpaired) electrons. The summed E-state index contributed by atoms with van der Waals surface area (Å²) in [6, 6.07) is 9.27. The van der Waals surface area contributed by atoms with Crippen LogP contribution < -0.4 is 14.8 Å². The number of carbonyl (C=O) groups is 1. The van der Waals surface area contributed by atoms with Crippen LogP contribution in [-0.4, -0.2) is 32.4 Å². The molecule has 0 unspecified atom stereocenters. The Morgan fingerprint density at radius 3 is 2.43 bits per heavy atom. The smallest absolute Gasteiger partial charge is 0.265 e. The maximum atomic E-state index is 12.8. The van der Waals surface area contributed by atoms with Crippen LogP contribution in [-0.2, 0) is 14.8 Å². The Kier molecular flexibility index (Phi) is 5.43. The molecule has 2 aromatic rings. The largest absolute Gasteiger partial charge is 0.495 e. The highest BCUT2D eigenvalue weighted by Crippen LogP contribution is 2.35. The number of halogens is 1. The molecule has 2 N–H and O–H groups in total. The van der Waals surface area contributed by atoms with Crippen LogP contribution in [0.4, 0.5) is 11.4 Å². The topological polar surface area (TPSA) is 128 Å². The first-order chi connectivity index (χ1) is 13.2. The Morgan fingerprint density at radius 1 is 1.21 bits per heavy atom. The average molecular weight is 426 g/mol. The summed E-state index contributed by atoms with van der Waals surface area (Å²) in [7, 11) is -2.71. The van der Waals surface area contributed by atoms with Crippen LogP contribution in [0.15, 0.2) is 47.4 Å². The molecule has 28 heavy (non-hydrogen) atoms. The number of ether oxygens (including phenoxy) is 1. The second-order valence-electron chi connectivity index (χ2n) is 6.16. The van der Waals surface area contributed by atoms with Gasteiger partial charge in [-0.25, -0.2) is 8.42 Å². The number of hydrogen-bond acceptors (Lipinski definition) is 6. The molecule has 0 saturated heterocycles. The van der Waals surface area contributed by atoms with Gasteiger partial charge in [-0.2, -0.15) is 0 Å². The Bertz CT molecular complexity index is 1030. The molecule has 1 saturated carbocycles. The first-order valence-electron chi connectivity index (χ1n) is 8.12. The van der Waals surface area contributed by atoms with Crippen molar-refractivity contribution in [3.05, 3.63) is 57.6 Å². The molecule has 3 rings (SSSR count). The number of hydrogen-bond donors (Lipinski definition) is 2. The third kappa shape index (κ3) is 4.34. The molecule has 0 aliphatic heterocycles. The van der Waals surface area contributed by atoms with Crippen molar-refractivity contribution in [2.24, 2.45) is 5.92 Å². The van der Waals surface area contributed by atoms with Crippen molar-refractivity contribution < 1.29 is 22.9 Å². The SMILES string of the molecule is COc1ccc(NC(=O)[C@H]2C[C@H]2[N+](=O)[O-])cc1S(=O)(=O)Nc1ccc(Cl)cc1. The van der Waals surface area contributed by atoms with Crippen LogP contribution in [0.3, 0.4) is 0 Å². The number of nitrogens with zero attached hydrogens (tertiary/aromatic N) is 1. The number of sulfonamides is 1. The predicted octanol–water partition coefficient (Wildman–Crippen LogP) is 2.75. The van der Waals surface area contributed by atoms with E-state index < -0.39 is 32.8 Å². The van der Waals surface area contributed by atoms with E-state index in [1.807, 2.05) is 0 Å². The quantitative estimate of drug-likeness (QED) is 0.518. The lowest BCUT2D eigenvalue weighted by Crippen LogP contribution is -2.19. The lowest BCUT2D eigenvalue weighted by atomic mass is 10.3. The molecule has 0 bridgehead atoms. The van der Waals surface area contributed by atoms with Gasteiger partial charge in [-0.05, 0) is 42.5 Å². The zero-order chi connectivity index (χ0) is 20.5. The van der Waals surface area contributed by atoms with E-state index in [-0.39, 0.29) is 22.8 Å². The molecule has 1 fully saturated rings. The molecule has 0 heterocycles. The van der Waals surface area contributed by atoms with E-state index in [0.717, 1.165) is 0 Å². The number of rotatable bonds is 7. The summed E-state index contributed by atoms with van der Waals surface area (Å²) >= 11 is 5.80. The van der Waals surface area contributed by atoms with Crippen LogP contribution >= 0.6 is 11.6 Å². The zero-order valence-corrected chi connectivity index (χ0v) is 16.2. The van der Waals surface area contributed by atoms with E-state index >= 15 is 0 Å². The van der Waals surface area contributed by atoms with Gasteiger partial charge in [0.05, 0.1) is 7.11 Å². The van der Waals surface area contributed by atoms with Crippen LogP contribution in [0.2, 0.25) is 5.02 Å². The molecule has 0 aromatic heterocycles. The number of amides is 1. The Balaban J connectivity index is 1.83. The highest BCUT2D eigenvalue weighted by Gasteiger charge is 2.53. The van der Waals surface area contributed by atoms with Crippen molar-refractivity contribution in [1.82, 2.24) is 0 Å². The minimum Gasteiger partial charge on any atom is -0.495 e. The number of nitrogens with one attached hydrogen (secondary N) is 2. The van der Waals surface area contributed by atoms with Crippen molar-refractivity contribution in [2.75, 3.05) is 17.1 Å². The highest BCUT2D eigenvalue weighted by atomic mass is 35.5. The summed E-state index contributed by atoms with van der Waals surface area (Å²) in [5, 5.41) is 13.7. The highest BCUT2D eigenvalue weighted by molar-refractivity contribution is 7.92. The summed E-state index contributed by atoms with van der Waals surface area (Å²) in [6.45, 7) is 0. The summed E-state index contributed by atoms with van der Waals surface area (Å²) in [5.41, 5.74) is 0.490.